The van der Waals surface area contributed by atoms with Crippen molar-refractivity contribution in [2.45, 2.75) is 6.42 Å². The molecule has 0 saturated heterocycles. The maximum absolute atomic E-state index is 12.8. The van der Waals surface area contributed by atoms with Crippen LogP contribution in [0.15, 0.2) is 23.4 Å². The minimum Gasteiger partial charge on any atom is -0.269 e. The molecule has 1 amide bonds. The average molecular weight is 185 g/mol. The lowest BCUT2D eigenvalue weighted by Gasteiger charge is -1.98. The van der Waals surface area contributed by atoms with Crippen LogP contribution >= 0.6 is 0 Å². The molecule has 5 heteroatoms. The Morgan fingerprint density at radius 3 is 2.69 bits per heavy atom. The van der Waals surface area contributed by atoms with Crippen LogP contribution in [-0.4, -0.2) is 5.91 Å². The van der Waals surface area contributed by atoms with Crippen LogP contribution in [0.2, 0.25) is 0 Å². The number of hydrogen-bond acceptors (Lipinski definition) is 2. The van der Waals surface area contributed by atoms with Crippen molar-refractivity contribution in [1.29, 1.82) is 0 Å². The topological polar surface area (TPSA) is 46.5 Å². The summed E-state index contributed by atoms with van der Waals surface area (Å²) in [5, 5.41) is 2.08. The highest BCUT2D eigenvalue weighted by Gasteiger charge is 2.11. The Bertz CT molecular complexity index is 352. The van der Waals surface area contributed by atoms with E-state index in [9.17, 15) is 18.5 Å². The number of nitrogens with zero attached hydrogens (tertiary/aromatic N) is 1. The normalized spacial score (nSPS) is 9.69. The van der Waals surface area contributed by atoms with E-state index >= 15 is 0 Å². The second kappa shape index (κ2) is 3.84. The quantitative estimate of drug-likeness (QED) is 0.659. The number of carbonyl (C=O) groups excluding carboxylic acids is 1. The number of nitroso groups, excluding NO2 is 1. The van der Waals surface area contributed by atoms with Crippen molar-refractivity contribution in [2.75, 3.05) is 0 Å². The van der Waals surface area contributed by atoms with Gasteiger partial charge in [0, 0.05) is 10.7 Å². The Balaban J connectivity index is 2.95. The Morgan fingerprint density at radius 2 is 2.08 bits per heavy atom. The van der Waals surface area contributed by atoms with E-state index in [1.807, 2.05) is 0 Å². The average Bonchev–Trinajstić information content (AvgIpc) is 2.13. The van der Waals surface area contributed by atoms with E-state index in [0.29, 0.717) is 0 Å². The molecule has 0 saturated carbocycles. The summed E-state index contributed by atoms with van der Waals surface area (Å²) in [6.45, 7) is 0. The zero-order valence-corrected chi connectivity index (χ0v) is 6.46. The van der Waals surface area contributed by atoms with Crippen molar-refractivity contribution in [3.05, 3.63) is 40.3 Å². The molecule has 0 aliphatic carbocycles. The maximum atomic E-state index is 12.8. The lowest BCUT2D eigenvalue weighted by Crippen LogP contribution is -2.01. The zero-order valence-electron chi connectivity index (χ0n) is 6.46. The van der Waals surface area contributed by atoms with Crippen molar-refractivity contribution < 1.29 is 13.6 Å². The molecule has 0 unspecified atom stereocenters. The molecular formula is C8H5F2NO2. The van der Waals surface area contributed by atoms with Crippen LogP contribution in [0.5, 0.6) is 0 Å². The molecule has 13 heavy (non-hydrogen) atoms. The predicted molar refractivity (Wildman–Crippen MR) is 40.9 cm³/mol. The van der Waals surface area contributed by atoms with Gasteiger partial charge in [-0.25, -0.2) is 8.78 Å². The summed E-state index contributed by atoms with van der Waals surface area (Å²) in [4.78, 5) is 20.2. The molecule has 0 aliphatic heterocycles. The molecule has 1 aromatic rings. The van der Waals surface area contributed by atoms with Crippen LogP contribution < -0.4 is 0 Å². The fourth-order valence-electron chi connectivity index (χ4n) is 0.880. The van der Waals surface area contributed by atoms with E-state index in [2.05, 4.69) is 5.18 Å². The fraction of sp³-hybridized carbons (Fsp3) is 0.125. The monoisotopic (exact) mass is 185 g/mol. The number of halogens is 2. The molecule has 68 valence electrons. The molecule has 0 heterocycles. The fourth-order valence-corrected chi connectivity index (χ4v) is 0.880. The van der Waals surface area contributed by atoms with Crippen LogP contribution in [0.4, 0.5) is 8.78 Å². The van der Waals surface area contributed by atoms with Gasteiger partial charge in [-0.3, -0.25) is 4.79 Å². The van der Waals surface area contributed by atoms with Gasteiger partial charge in [0.1, 0.15) is 0 Å². The van der Waals surface area contributed by atoms with Crippen molar-refractivity contribution in [1.82, 2.24) is 0 Å². The maximum Gasteiger partial charge on any atom is 0.290 e. The Morgan fingerprint density at radius 1 is 1.38 bits per heavy atom. The van der Waals surface area contributed by atoms with E-state index in [-0.39, 0.29) is 5.56 Å². The van der Waals surface area contributed by atoms with Crippen molar-refractivity contribution in [3.8, 4) is 0 Å². The smallest absolute Gasteiger partial charge is 0.269 e. The molecule has 1 aromatic carbocycles. The van der Waals surface area contributed by atoms with Crippen molar-refractivity contribution in [2.24, 2.45) is 5.18 Å². The number of rotatable bonds is 2. The minimum atomic E-state index is -1.11. The van der Waals surface area contributed by atoms with Gasteiger partial charge < -0.3 is 0 Å². The second-order valence-electron chi connectivity index (χ2n) is 2.37. The highest BCUT2D eigenvalue weighted by molar-refractivity contribution is 5.79. The van der Waals surface area contributed by atoms with Crippen molar-refractivity contribution >= 4 is 5.91 Å². The molecule has 1 rings (SSSR count). The Labute approximate surface area is 72.3 Å². The largest absolute Gasteiger partial charge is 0.290 e. The number of carbonyl (C=O) groups is 1. The highest BCUT2D eigenvalue weighted by atomic mass is 19.2. The zero-order chi connectivity index (χ0) is 9.84. The van der Waals surface area contributed by atoms with Gasteiger partial charge >= 0.3 is 0 Å². The Kier molecular flexibility index (Phi) is 2.79. The van der Waals surface area contributed by atoms with Gasteiger partial charge in [0.15, 0.2) is 11.6 Å². The first kappa shape index (κ1) is 9.44. The van der Waals surface area contributed by atoms with Crippen LogP contribution in [0.3, 0.4) is 0 Å². The van der Waals surface area contributed by atoms with Gasteiger partial charge in [-0.1, -0.05) is 12.1 Å². The summed E-state index contributed by atoms with van der Waals surface area (Å²) in [5.74, 6) is -3.18. The van der Waals surface area contributed by atoms with Gasteiger partial charge in [0.2, 0.25) is 0 Å². The highest BCUT2D eigenvalue weighted by Crippen LogP contribution is 2.12. The first-order valence-corrected chi connectivity index (χ1v) is 3.44. The van der Waals surface area contributed by atoms with Gasteiger partial charge in [-0.2, -0.15) is 0 Å². The van der Waals surface area contributed by atoms with Crippen LogP contribution in [0, 0.1) is 16.5 Å². The molecular weight excluding hydrogens is 180 g/mol. The van der Waals surface area contributed by atoms with E-state index in [0.717, 1.165) is 6.07 Å². The lowest BCUT2D eigenvalue weighted by molar-refractivity contribution is -0.117. The Hall–Kier alpha value is -1.65. The summed E-state index contributed by atoms with van der Waals surface area (Å²) in [6.07, 6.45) is -0.507. The summed E-state index contributed by atoms with van der Waals surface area (Å²) in [7, 11) is 0. The van der Waals surface area contributed by atoms with Crippen LogP contribution in [0.1, 0.15) is 5.56 Å². The first-order valence-electron chi connectivity index (χ1n) is 3.44. The van der Waals surface area contributed by atoms with Crippen molar-refractivity contribution in [3.63, 3.8) is 0 Å². The molecule has 0 spiro atoms. The van der Waals surface area contributed by atoms with E-state index in [1.165, 1.54) is 12.1 Å². The third-order valence-corrected chi connectivity index (χ3v) is 1.48. The third-order valence-electron chi connectivity index (χ3n) is 1.48. The molecule has 3 nitrogen and oxygen atoms in total. The standard InChI is InChI=1S/C8H5F2NO2/c9-6-3-1-2-5(8(6)10)4-7(12)11-13/h1-3H,4H2. The summed E-state index contributed by atoms with van der Waals surface area (Å²) in [6, 6.07) is 3.41. The number of benzene rings is 1. The number of hydrogen-bond donors (Lipinski definition) is 0. The van der Waals surface area contributed by atoms with Gasteiger partial charge in [0.05, 0.1) is 6.42 Å². The SMILES string of the molecule is O=NC(=O)Cc1cccc(F)c1F. The lowest BCUT2D eigenvalue weighted by atomic mass is 10.1. The molecule has 0 N–H and O–H groups in total. The first-order chi connectivity index (χ1) is 6.15. The molecule has 0 atom stereocenters. The minimum absolute atomic E-state index is 0.162. The van der Waals surface area contributed by atoms with Gasteiger partial charge in [-0.05, 0) is 6.07 Å². The second-order valence-corrected chi connectivity index (χ2v) is 2.37. The molecule has 0 fully saturated rings. The third kappa shape index (κ3) is 2.14. The molecule has 0 bridgehead atoms. The van der Waals surface area contributed by atoms with Crippen LogP contribution in [-0.2, 0) is 11.2 Å². The summed E-state index contributed by atoms with van der Waals surface area (Å²) < 4.78 is 25.4. The van der Waals surface area contributed by atoms with E-state index < -0.39 is 24.0 Å². The summed E-state index contributed by atoms with van der Waals surface area (Å²) in [5.41, 5.74) is -0.162. The van der Waals surface area contributed by atoms with Crippen LogP contribution in [0.25, 0.3) is 0 Å². The van der Waals surface area contributed by atoms with Gasteiger partial charge in [0.25, 0.3) is 5.91 Å². The molecule has 0 aromatic heterocycles. The van der Waals surface area contributed by atoms with Gasteiger partial charge in [-0.15, -0.1) is 4.91 Å². The van der Waals surface area contributed by atoms with E-state index in [1.54, 1.807) is 0 Å². The number of amides is 1. The predicted octanol–water partition coefficient (Wildman–Crippen LogP) is 1.80. The summed E-state index contributed by atoms with van der Waals surface area (Å²) >= 11 is 0. The molecule has 0 aliphatic rings. The molecule has 0 radical (unpaired) electrons. The van der Waals surface area contributed by atoms with E-state index in [4.69, 9.17) is 0 Å².